The Morgan fingerprint density at radius 3 is 2.38 bits per heavy atom. The molecule has 2 heteroatoms. The van der Waals surface area contributed by atoms with E-state index in [-0.39, 0.29) is 6.10 Å². The van der Waals surface area contributed by atoms with Crippen molar-refractivity contribution in [3.8, 4) is 0 Å². The van der Waals surface area contributed by atoms with Crippen molar-refractivity contribution in [2.75, 3.05) is 5.32 Å². The number of hydrogen-bond acceptors (Lipinski definition) is 2. The van der Waals surface area contributed by atoms with E-state index in [9.17, 15) is 0 Å². The molecule has 0 radical (unpaired) electrons. The van der Waals surface area contributed by atoms with Gasteiger partial charge in [0, 0.05) is 11.7 Å². The maximum Gasteiger partial charge on any atom is 0.0531 e. The summed E-state index contributed by atoms with van der Waals surface area (Å²) in [7, 11) is 0. The van der Waals surface area contributed by atoms with Crippen molar-refractivity contribution in [3.05, 3.63) is 30.3 Å². The monoisotopic (exact) mass is 179 g/mol. The number of aliphatic hydroxyl groups is 1. The predicted octanol–water partition coefficient (Wildman–Crippen LogP) is 2.26. The Hall–Kier alpha value is -1.02. The highest BCUT2D eigenvalue weighted by Gasteiger charge is 2.04. The molecule has 0 amide bonds. The zero-order valence-electron chi connectivity index (χ0n) is 8.20. The van der Waals surface area contributed by atoms with Crippen LogP contribution in [0.15, 0.2) is 30.3 Å². The third-order valence-corrected chi connectivity index (χ3v) is 1.88. The lowest BCUT2D eigenvalue weighted by molar-refractivity contribution is 0.179. The molecule has 72 valence electrons. The molecule has 0 aliphatic rings. The summed E-state index contributed by atoms with van der Waals surface area (Å²) in [5, 5.41) is 12.5. The van der Waals surface area contributed by atoms with E-state index in [1.165, 1.54) is 0 Å². The molecule has 1 rings (SSSR count). The van der Waals surface area contributed by atoms with Gasteiger partial charge < -0.3 is 10.4 Å². The molecule has 2 N–H and O–H groups in total. The molecule has 0 saturated carbocycles. The van der Waals surface area contributed by atoms with Gasteiger partial charge in [-0.25, -0.2) is 0 Å². The molecular formula is C11H17NO. The number of nitrogens with one attached hydrogen (secondary N) is 1. The molecule has 0 saturated heterocycles. The quantitative estimate of drug-likeness (QED) is 0.743. The molecular weight excluding hydrogens is 162 g/mol. The molecule has 2 unspecified atom stereocenters. The fourth-order valence-corrected chi connectivity index (χ4v) is 1.39. The molecule has 2 atom stereocenters. The lowest BCUT2D eigenvalue weighted by atomic mass is 10.1. The average molecular weight is 179 g/mol. The van der Waals surface area contributed by atoms with Crippen molar-refractivity contribution in [3.63, 3.8) is 0 Å². The molecule has 13 heavy (non-hydrogen) atoms. The van der Waals surface area contributed by atoms with Gasteiger partial charge in [-0.1, -0.05) is 18.2 Å². The molecule has 0 fully saturated rings. The van der Waals surface area contributed by atoms with Crippen LogP contribution in [0.1, 0.15) is 20.3 Å². The Bertz CT molecular complexity index is 233. The van der Waals surface area contributed by atoms with Crippen molar-refractivity contribution in [2.45, 2.75) is 32.4 Å². The van der Waals surface area contributed by atoms with Gasteiger partial charge in [0.25, 0.3) is 0 Å². The standard InChI is InChI=1S/C11H17NO/c1-9(8-10(2)13)12-11-6-4-3-5-7-11/h3-7,9-10,12-13H,8H2,1-2H3. The minimum absolute atomic E-state index is 0.244. The summed E-state index contributed by atoms with van der Waals surface area (Å²) in [4.78, 5) is 0. The van der Waals surface area contributed by atoms with Crippen LogP contribution < -0.4 is 5.32 Å². The van der Waals surface area contributed by atoms with Gasteiger partial charge in [0.2, 0.25) is 0 Å². The van der Waals surface area contributed by atoms with Gasteiger partial charge in [0.15, 0.2) is 0 Å². The highest BCUT2D eigenvalue weighted by molar-refractivity contribution is 5.43. The van der Waals surface area contributed by atoms with Crippen LogP contribution >= 0.6 is 0 Å². The molecule has 0 spiro atoms. The second kappa shape index (κ2) is 4.87. The van der Waals surface area contributed by atoms with E-state index in [0.717, 1.165) is 12.1 Å². The van der Waals surface area contributed by atoms with Crippen LogP contribution in [-0.2, 0) is 0 Å². The summed E-state index contributed by atoms with van der Waals surface area (Å²) < 4.78 is 0. The van der Waals surface area contributed by atoms with E-state index >= 15 is 0 Å². The number of aliphatic hydroxyl groups excluding tert-OH is 1. The number of para-hydroxylation sites is 1. The first kappa shape index (κ1) is 10.1. The van der Waals surface area contributed by atoms with Gasteiger partial charge in [-0.3, -0.25) is 0 Å². The largest absolute Gasteiger partial charge is 0.393 e. The van der Waals surface area contributed by atoms with E-state index in [1.54, 1.807) is 0 Å². The Morgan fingerprint density at radius 1 is 1.23 bits per heavy atom. The Kier molecular flexibility index (Phi) is 3.77. The van der Waals surface area contributed by atoms with E-state index in [1.807, 2.05) is 37.3 Å². The summed E-state index contributed by atoms with van der Waals surface area (Å²) in [5.41, 5.74) is 1.11. The summed E-state index contributed by atoms with van der Waals surface area (Å²) in [6, 6.07) is 10.3. The smallest absolute Gasteiger partial charge is 0.0531 e. The summed E-state index contributed by atoms with van der Waals surface area (Å²) in [6.07, 6.45) is 0.528. The minimum Gasteiger partial charge on any atom is -0.393 e. The number of hydrogen-bond donors (Lipinski definition) is 2. The van der Waals surface area contributed by atoms with Crippen LogP contribution in [0.4, 0.5) is 5.69 Å². The Morgan fingerprint density at radius 2 is 1.85 bits per heavy atom. The van der Waals surface area contributed by atoms with E-state index < -0.39 is 0 Å². The van der Waals surface area contributed by atoms with Gasteiger partial charge in [-0.2, -0.15) is 0 Å². The number of benzene rings is 1. The van der Waals surface area contributed by atoms with Crippen LogP contribution in [0.3, 0.4) is 0 Å². The average Bonchev–Trinajstić information content (AvgIpc) is 2.04. The lowest BCUT2D eigenvalue weighted by Crippen LogP contribution is -2.20. The third-order valence-electron chi connectivity index (χ3n) is 1.88. The van der Waals surface area contributed by atoms with Crippen molar-refractivity contribution < 1.29 is 5.11 Å². The maximum absolute atomic E-state index is 9.16. The molecule has 0 aliphatic heterocycles. The lowest BCUT2D eigenvalue weighted by Gasteiger charge is -2.16. The normalized spacial score (nSPS) is 15.0. The van der Waals surface area contributed by atoms with E-state index in [0.29, 0.717) is 6.04 Å². The van der Waals surface area contributed by atoms with Crippen LogP contribution in [0.2, 0.25) is 0 Å². The van der Waals surface area contributed by atoms with Gasteiger partial charge in [0.05, 0.1) is 6.10 Å². The van der Waals surface area contributed by atoms with Gasteiger partial charge in [-0.05, 0) is 32.4 Å². The van der Waals surface area contributed by atoms with Crippen LogP contribution in [0.25, 0.3) is 0 Å². The highest BCUT2D eigenvalue weighted by Crippen LogP contribution is 2.09. The van der Waals surface area contributed by atoms with Crippen molar-refractivity contribution in [2.24, 2.45) is 0 Å². The Balaban J connectivity index is 2.41. The zero-order chi connectivity index (χ0) is 9.68. The molecule has 2 nitrogen and oxygen atoms in total. The SMILES string of the molecule is CC(O)CC(C)Nc1ccccc1. The zero-order valence-corrected chi connectivity index (χ0v) is 8.20. The van der Waals surface area contributed by atoms with Crippen molar-refractivity contribution in [1.82, 2.24) is 0 Å². The maximum atomic E-state index is 9.16. The summed E-state index contributed by atoms with van der Waals surface area (Å²) in [6.45, 7) is 3.88. The summed E-state index contributed by atoms with van der Waals surface area (Å²) >= 11 is 0. The highest BCUT2D eigenvalue weighted by atomic mass is 16.3. The number of anilines is 1. The fraction of sp³-hybridized carbons (Fsp3) is 0.455. The van der Waals surface area contributed by atoms with E-state index in [2.05, 4.69) is 12.2 Å². The molecule has 1 aromatic rings. The molecule has 0 aliphatic carbocycles. The first-order chi connectivity index (χ1) is 6.18. The van der Waals surface area contributed by atoms with Crippen molar-refractivity contribution >= 4 is 5.69 Å². The minimum atomic E-state index is -0.244. The van der Waals surface area contributed by atoms with E-state index in [4.69, 9.17) is 5.11 Å². The van der Waals surface area contributed by atoms with Gasteiger partial charge in [-0.15, -0.1) is 0 Å². The first-order valence-corrected chi connectivity index (χ1v) is 4.68. The molecule has 1 aromatic carbocycles. The van der Waals surface area contributed by atoms with Crippen LogP contribution in [0, 0.1) is 0 Å². The second-order valence-corrected chi connectivity index (χ2v) is 3.50. The molecule has 0 bridgehead atoms. The molecule has 0 heterocycles. The fourth-order valence-electron chi connectivity index (χ4n) is 1.39. The third kappa shape index (κ3) is 3.95. The van der Waals surface area contributed by atoms with Crippen molar-refractivity contribution in [1.29, 1.82) is 0 Å². The first-order valence-electron chi connectivity index (χ1n) is 4.68. The summed E-state index contributed by atoms with van der Waals surface area (Å²) in [5.74, 6) is 0. The molecule has 0 aromatic heterocycles. The van der Waals surface area contributed by atoms with Gasteiger partial charge in [0.1, 0.15) is 0 Å². The number of rotatable bonds is 4. The van der Waals surface area contributed by atoms with Crippen LogP contribution in [-0.4, -0.2) is 17.3 Å². The van der Waals surface area contributed by atoms with Gasteiger partial charge >= 0.3 is 0 Å². The van der Waals surface area contributed by atoms with Crippen LogP contribution in [0.5, 0.6) is 0 Å². The Labute approximate surface area is 79.6 Å². The predicted molar refractivity (Wildman–Crippen MR) is 55.8 cm³/mol. The second-order valence-electron chi connectivity index (χ2n) is 3.50. The topological polar surface area (TPSA) is 32.3 Å².